The van der Waals surface area contributed by atoms with E-state index >= 15 is 0 Å². The van der Waals surface area contributed by atoms with E-state index in [-0.39, 0.29) is 0 Å². The van der Waals surface area contributed by atoms with Crippen LogP contribution in [0.25, 0.3) is 21.7 Å². The van der Waals surface area contributed by atoms with E-state index in [1.807, 2.05) is 0 Å². The number of hydrogen-bond acceptors (Lipinski definition) is 3. The van der Waals surface area contributed by atoms with Crippen molar-refractivity contribution in [3.8, 4) is 16.5 Å². The van der Waals surface area contributed by atoms with Crippen molar-refractivity contribution in [3.05, 3.63) is 71.1 Å². The second-order valence-corrected chi connectivity index (χ2v) is 7.80. The first-order valence-electron chi connectivity index (χ1n) is 9.41. The highest BCUT2D eigenvalue weighted by Crippen LogP contribution is 2.28. The molecule has 0 amide bonds. The van der Waals surface area contributed by atoms with E-state index in [9.17, 15) is 0 Å². The van der Waals surface area contributed by atoms with Crippen LogP contribution in [0.1, 0.15) is 24.0 Å². The van der Waals surface area contributed by atoms with Crippen molar-refractivity contribution in [2.45, 2.75) is 33.2 Å². The maximum atomic E-state index is 5.93. The molecule has 2 aromatic carbocycles. The molecule has 4 aromatic rings. The fourth-order valence-electron chi connectivity index (χ4n) is 3.26. The number of aromatic nitrogens is 2. The van der Waals surface area contributed by atoms with Gasteiger partial charge in [0.05, 0.1) is 22.5 Å². The van der Waals surface area contributed by atoms with E-state index in [0.717, 1.165) is 43.1 Å². The lowest BCUT2D eigenvalue weighted by Gasteiger charge is -2.10. The standard InChI is InChI=1S/C23H24N2OS/c1-17-11-12-19(16-18(17)2)26-14-6-5-13-25-21-9-4-3-8-20(21)24-23(25)22-10-7-15-27-22/h3-4,7-12,15-16H,5-6,13-14H2,1-2H3. The summed E-state index contributed by atoms with van der Waals surface area (Å²) in [6.45, 7) is 5.94. The van der Waals surface area contributed by atoms with Crippen LogP contribution in [0.4, 0.5) is 0 Å². The molecule has 0 N–H and O–H groups in total. The molecule has 0 saturated heterocycles. The monoisotopic (exact) mass is 376 g/mol. The third-order valence-corrected chi connectivity index (χ3v) is 5.79. The Hall–Kier alpha value is -2.59. The lowest BCUT2D eigenvalue weighted by atomic mass is 10.1. The first-order chi connectivity index (χ1) is 13.2. The minimum Gasteiger partial charge on any atom is -0.494 e. The largest absolute Gasteiger partial charge is 0.494 e. The smallest absolute Gasteiger partial charge is 0.151 e. The van der Waals surface area contributed by atoms with Crippen LogP contribution >= 0.6 is 11.3 Å². The number of fused-ring (bicyclic) bond motifs is 1. The van der Waals surface area contributed by atoms with Gasteiger partial charge in [0, 0.05) is 6.54 Å². The van der Waals surface area contributed by atoms with Crippen molar-refractivity contribution in [1.29, 1.82) is 0 Å². The molecule has 4 rings (SSSR count). The van der Waals surface area contributed by atoms with Gasteiger partial charge in [0.1, 0.15) is 5.75 Å². The average Bonchev–Trinajstić information content (AvgIpc) is 3.32. The number of nitrogens with zero attached hydrogens (tertiary/aromatic N) is 2. The van der Waals surface area contributed by atoms with Gasteiger partial charge in [0.25, 0.3) is 0 Å². The van der Waals surface area contributed by atoms with Gasteiger partial charge in [-0.2, -0.15) is 0 Å². The molecule has 0 unspecified atom stereocenters. The first-order valence-corrected chi connectivity index (χ1v) is 10.3. The van der Waals surface area contributed by atoms with Crippen molar-refractivity contribution >= 4 is 22.4 Å². The number of aryl methyl sites for hydroxylation is 3. The van der Waals surface area contributed by atoms with Crippen LogP contribution in [-0.4, -0.2) is 16.2 Å². The van der Waals surface area contributed by atoms with E-state index in [2.05, 4.69) is 78.4 Å². The van der Waals surface area contributed by atoms with Gasteiger partial charge in [-0.3, -0.25) is 0 Å². The zero-order valence-electron chi connectivity index (χ0n) is 15.8. The number of unbranched alkanes of at least 4 members (excludes halogenated alkanes) is 1. The normalized spacial score (nSPS) is 11.2. The lowest BCUT2D eigenvalue weighted by Crippen LogP contribution is -2.03. The third kappa shape index (κ3) is 3.91. The molecule has 0 bridgehead atoms. The van der Waals surface area contributed by atoms with E-state index in [1.165, 1.54) is 21.5 Å². The Morgan fingerprint density at radius 2 is 1.85 bits per heavy atom. The number of benzene rings is 2. The molecule has 0 aliphatic heterocycles. The predicted octanol–water partition coefficient (Wildman–Crippen LogP) is 6.24. The molecule has 2 aromatic heterocycles. The lowest BCUT2D eigenvalue weighted by molar-refractivity contribution is 0.303. The third-order valence-electron chi connectivity index (χ3n) is 4.92. The molecule has 0 aliphatic carbocycles. The van der Waals surface area contributed by atoms with Crippen molar-refractivity contribution < 1.29 is 4.74 Å². The topological polar surface area (TPSA) is 27.1 Å². The van der Waals surface area contributed by atoms with Crippen molar-refractivity contribution in [2.75, 3.05) is 6.61 Å². The SMILES string of the molecule is Cc1ccc(OCCCCn2c(-c3cccs3)nc3ccccc32)cc1C. The Balaban J connectivity index is 1.41. The van der Waals surface area contributed by atoms with Gasteiger partial charge >= 0.3 is 0 Å². The molecule has 0 aliphatic rings. The number of rotatable bonds is 7. The molecule has 0 radical (unpaired) electrons. The van der Waals surface area contributed by atoms with Crippen LogP contribution in [0.5, 0.6) is 5.75 Å². The number of hydrogen-bond donors (Lipinski definition) is 0. The Bertz CT molecular complexity index is 1030. The number of imidazole rings is 1. The molecule has 3 nitrogen and oxygen atoms in total. The summed E-state index contributed by atoms with van der Waals surface area (Å²) in [6, 6.07) is 18.9. The summed E-state index contributed by atoms with van der Waals surface area (Å²) in [5.41, 5.74) is 4.84. The molecule has 0 saturated carbocycles. The average molecular weight is 377 g/mol. The van der Waals surface area contributed by atoms with Crippen LogP contribution in [0.2, 0.25) is 0 Å². The Morgan fingerprint density at radius 1 is 0.963 bits per heavy atom. The van der Waals surface area contributed by atoms with Crippen LogP contribution in [-0.2, 0) is 6.54 Å². The minimum atomic E-state index is 0.740. The maximum absolute atomic E-state index is 5.93. The Morgan fingerprint density at radius 3 is 2.67 bits per heavy atom. The molecule has 27 heavy (non-hydrogen) atoms. The van der Waals surface area contributed by atoms with Gasteiger partial charge in [-0.25, -0.2) is 4.98 Å². The first kappa shape index (κ1) is 17.8. The molecule has 0 spiro atoms. The van der Waals surface area contributed by atoms with Crippen LogP contribution in [0.15, 0.2) is 60.0 Å². The van der Waals surface area contributed by atoms with Crippen LogP contribution < -0.4 is 4.74 Å². The van der Waals surface area contributed by atoms with Crippen LogP contribution in [0.3, 0.4) is 0 Å². The molecule has 4 heteroatoms. The van der Waals surface area contributed by atoms with Gasteiger partial charge in [0.15, 0.2) is 5.82 Å². The zero-order chi connectivity index (χ0) is 18.6. The summed E-state index contributed by atoms with van der Waals surface area (Å²) in [5, 5.41) is 2.11. The Labute approximate surface area is 164 Å². The second kappa shape index (κ2) is 7.97. The quantitative estimate of drug-likeness (QED) is 0.357. The number of para-hydroxylation sites is 2. The van der Waals surface area contributed by atoms with Gasteiger partial charge in [0.2, 0.25) is 0 Å². The molecule has 138 valence electrons. The number of thiophene rings is 1. The highest BCUT2D eigenvalue weighted by molar-refractivity contribution is 7.13. The highest BCUT2D eigenvalue weighted by atomic mass is 32.1. The van der Waals surface area contributed by atoms with E-state index < -0.39 is 0 Å². The molecule has 2 heterocycles. The van der Waals surface area contributed by atoms with Gasteiger partial charge in [-0.15, -0.1) is 11.3 Å². The van der Waals surface area contributed by atoms with Gasteiger partial charge in [-0.05, 0) is 73.5 Å². The fourth-order valence-corrected chi connectivity index (χ4v) is 3.98. The van der Waals surface area contributed by atoms with E-state index in [4.69, 9.17) is 9.72 Å². The molecular weight excluding hydrogens is 352 g/mol. The zero-order valence-corrected chi connectivity index (χ0v) is 16.6. The summed E-state index contributed by atoms with van der Waals surface area (Å²) in [4.78, 5) is 6.08. The number of ether oxygens (including phenoxy) is 1. The second-order valence-electron chi connectivity index (χ2n) is 6.85. The minimum absolute atomic E-state index is 0.740. The summed E-state index contributed by atoms with van der Waals surface area (Å²) in [7, 11) is 0. The highest BCUT2D eigenvalue weighted by Gasteiger charge is 2.12. The maximum Gasteiger partial charge on any atom is 0.151 e. The van der Waals surface area contributed by atoms with Crippen LogP contribution in [0, 0.1) is 13.8 Å². The molecular formula is C23H24N2OS. The summed E-state index contributed by atoms with van der Waals surface area (Å²) in [6.07, 6.45) is 2.08. The summed E-state index contributed by atoms with van der Waals surface area (Å²) < 4.78 is 8.27. The van der Waals surface area contributed by atoms with Gasteiger partial charge in [-0.1, -0.05) is 24.3 Å². The van der Waals surface area contributed by atoms with Gasteiger partial charge < -0.3 is 9.30 Å². The Kier molecular flexibility index (Phi) is 5.26. The van der Waals surface area contributed by atoms with E-state index in [1.54, 1.807) is 11.3 Å². The molecule has 0 fully saturated rings. The van der Waals surface area contributed by atoms with E-state index in [0.29, 0.717) is 0 Å². The predicted molar refractivity (Wildman–Crippen MR) is 114 cm³/mol. The fraction of sp³-hybridized carbons (Fsp3) is 0.261. The van der Waals surface area contributed by atoms with Crippen molar-refractivity contribution in [1.82, 2.24) is 9.55 Å². The summed E-state index contributed by atoms with van der Waals surface area (Å²) >= 11 is 1.74. The van der Waals surface area contributed by atoms with Crippen molar-refractivity contribution in [2.24, 2.45) is 0 Å². The van der Waals surface area contributed by atoms with Crippen molar-refractivity contribution in [3.63, 3.8) is 0 Å². The molecule has 0 atom stereocenters. The summed E-state index contributed by atoms with van der Waals surface area (Å²) in [5.74, 6) is 2.03.